The summed E-state index contributed by atoms with van der Waals surface area (Å²) in [5.74, 6) is 0.391. The maximum atomic E-state index is 13.3. The van der Waals surface area contributed by atoms with Crippen LogP contribution in [0.1, 0.15) is 19.3 Å². The molecule has 0 spiro atoms. The Morgan fingerprint density at radius 1 is 1.12 bits per heavy atom. The molecule has 1 heterocycles. The van der Waals surface area contributed by atoms with E-state index < -0.39 is 0 Å². The van der Waals surface area contributed by atoms with Crippen molar-refractivity contribution in [3.05, 3.63) is 54.0 Å². The van der Waals surface area contributed by atoms with E-state index in [1.165, 1.54) is 11.4 Å². The number of benzene rings is 1. The van der Waals surface area contributed by atoms with Crippen LogP contribution in [0.25, 0.3) is 0 Å². The average molecular weight is 229 g/mol. The van der Waals surface area contributed by atoms with Gasteiger partial charge in [0.1, 0.15) is 5.83 Å². The molecule has 1 aromatic rings. The Kier molecular flexibility index (Phi) is 2.71. The van der Waals surface area contributed by atoms with E-state index in [1.54, 1.807) is 6.08 Å². The Balaban J connectivity index is 1.95. The number of nitrogens with zero attached hydrogens (tertiary/aromatic N) is 1. The van der Waals surface area contributed by atoms with E-state index >= 15 is 0 Å². The summed E-state index contributed by atoms with van der Waals surface area (Å²) in [5, 5.41) is 0. The summed E-state index contributed by atoms with van der Waals surface area (Å²) in [5.41, 5.74) is 2.50. The third kappa shape index (κ3) is 1.99. The first kappa shape index (κ1) is 10.6. The highest BCUT2D eigenvalue weighted by molar-refractivity contribution is 5.54. The summed E-state index contributed by atoms with van der Waals surface area (Å²) in [4.78, 5) is 2.33. The van der Waals surface area contributed by atoms with Crippen LogP contribution in [0.3, 0.4) is 0 Å². The van der Waals surface area contributed by atoms with Crippen molar-refractivity contribution in [1.29, 1.82) is 0 Å². The molecule has 1 nitrogen and oxygen atoms in total. The number of halogens is 1. The number of piperidine rings is 1. The molecule has 0 N–H and O–H groups in total. The Morgan fingerprint density at radius 3 is 2.76 bits per heavy atom. The summed E-state index contributed by atoms with van der Waals surface area (Å²) < 4.78 is 13.3. The summed E-state index contributed by atoms with van der Waals surface area (Å²) in [7, 11) is 0. The monoisotopic (exact) mass is 229 g/mol. The van der Waals surface area contributed by atoms with Gasteiger partial charge in [-0.1, -0.05) is 18.2 Å². The fourth-order valence-electron chi connectivity index (χ4n) is 2.79. The fourth-order valence-corrected chi connectivity index (χ4v) is 2.79. The molecule has 3 rings (SSSR count). The lowest BCUT2D eigenvalue weighted by molar-refractivity contribution is 0.425. The standard InChI is InChI=1S/C15H16FN/c16-13-8-9-15-12(11-13)5-4-10-17(15)14-6-2-1-3-7-14/h1-3,6-9,12H,4-5,10-11H2. The molecule has 2 aliphatic rings. The number of para-hydroxylation sites is 1. The number of rotatable bonds is 1. The van der Waals surface area contributed by atoms with Crippen LogP contribution in [0.2, 0.25) is 0 Å². The highest BCUT2D eigenvalue weighted by atomic mass is 19.1. The van der Waals surface area contributed by atoms with E-state index in [0.29, 0.717) is 12.3 Å². The maximum Gasteiger partial charge on any atom is 0.101 e. The molecular formula is C15H16FN. The van der Waals surface area contributed by atoms with Gasteiger partial charge in [0.2, 0.25) is 0 Å². The van der Waals surface area contributed by atoms with Crippen LogP contribution in [-0.2, 0) is 0 Å². The highest BCUT2D eigenvalue weighted by Crippen LogP contribution is 2.37. The van der Waals surface area contributed by atoms with Crippen molar-refractivity contribution in [2.75, 3.05) is 11.4 Å². The fraction of sp³-hybridized carbons (Fsp3) is 0.333. The smallest absolute Gasteiger partial charge is 0.101 e. The zero-order valence-electron chi connectivity index (χ0n) is 9.77. The zero-order chi connectivity index (χ0) is 11.7. The first-order chi connectivity index (χ1) is 8.34. The lowest BCUT2D eigenvalue weighted by atomic mass is 9.87. The van der Waals surface area contributed by atoms with Crippen molar-refractivity contribution < 1.29 is 4.39 Å². The summed E-state index contributed by atoms with van der Waals surface area (Å²) in [6.45, 7) is 1.04. The van der Waals surface area contributed by atoms with Crippen molar-refractivity contribution >= 4 is 5.69 Å². The Labute approximate surface area is 101 Å². The third-order valence-electron chi connectivity index (χ3n) is 3.61. The number of anilines is 1. The minimum atomic E-state index is 0.0219. The molecule has 0 radical (unpaired) electrons. The van der Waals surface area contributed by atoms with Crippen molar-refractivity contribution in [2.24, 2.45) is 5.92 Å². The van der Waals surface area contributed by atoms with Gasteiger partial charge in [-0.25, -0.2) is 4.39 Å². The molecule has 1 fully saturated rings. The largest absolute Gasteiger partial charge is 0.345 e. The molecule has 1 aliphatic heterocycles. The number of hydrogen-bond donors (Lipinski definition) is 0. The molecule has 88 valence electrons. The first-order valence-corrected chi connectivity index (χ1v) is 6.23. The van der Waals surface area contributed by atoms with Crippen LogP contribution in [0.5, 0.6) is 0 Å². The van der Waals surface area contributed by atoms with Gasteiger partial charge in [-0.05, 0) is 37.1 Å². The lowest BCUT2D eigenvalue weighted by Gasteiger charge is -2.38. The van der Waals surface area contributed by atoms with Gasteiger partial charge in [-0.3, -0.25) is 0 Å². The van der Waals surface area contributed by atoms with Crippen LogP contribution in [-0.4, -0.2) is 6.54 Å². The van der Waals surface area contributed by atoms with E-state index in [4.69, 9.17) is 0 Å². The predicted octanol–water partition coefficient (Wildman–Crippen LogP) is 4.04. The second-order valence-electron chi connectivity index (χ2n) is 4.74. The molecule has 1 saturated heterocycles. The van der Waals surface area contributed by atoms with Crippen LogP contribution in [0, 0.1) is 5.92 Å². The van der Waals surface area contributed by atoms with Gasteiger partial charge in [0.05, 0.1) is 0 Å². The van der Waals surface area contributed by atoms with Crippen LogP contribution in [0.15, 0.2) is 54.0 Å². The minimum absolute atomic E-state index is 0.0219. The molecular weight excluding hydrogens is 213 g/mol. The van der Waals surface area contributed by atoms with Gasteiger partial charge < -0.3 is 4.90 Å². The van der Waals surface area contributed by atoms with E-state index in [9.17, 15) is 4.39 Å². The highest BCUT2D eigenvalue weighted by Gasteiger charge is 2.28. The van der Waals surface area contributed by atoms with Gasteiger partial charge in [0.25, 0.3) is 0 Å². The van der Waals surface area contributed by atoms with Gasteiger partial charge in [0, 0.05) is 30.3 Å². The normalized spacial score (nSPS) is 23.8. The second kappa shape index (κ2) is 4.36. The Morgan fingerprint density at radius 2 is 1.94 bits per heavy atom. The summed E-state index contributed by atoms with van der Waals surface area (Å²) in [6.07, 6.45) is 6.40. The van der Waals surface area contributed by atoms with Crippen molar-refractivity contribution in [2.45, 2.75) is 19.3 Å². The SMILES string of the molecule is FC1=CC=C2C(CCCN2c2ccccc2)C1. The predicted molar refractivity (Wildman–Crippen MR) is 68.4 cm³/mol. The zero-order valence-corrected chi connectivity index (χ0v) is 9.77. The lowest BCUT2D eigenvalue weighted by Crippen LogP contribution is -2.34. The molecule has 0 aromatic heterocycles. The van der Waals surface area contributed by atoms with E-state index in [0.717, 1.165) is 19.4 Å². The summed E-state index contributed by atoms with van der Waals surface area (Å²) in [6, 6.07) is 10.4. The van der Waals surface area contributed by atoms with E-state index in [2.05, 4.69) is 29.2 Å². The molecule has 0 saturated carbocycles. The van der Waals surface area contributed by atoms with E-state index in [1.807, 2.05) is 12.1 Å². The Hall–Kier alpha value is -1.57. The van der Waals surface area contributed by atoms with Crippen LogP contribution < -0.4 is 4.90 Å². The van der Waals surface area contributed by atoms with Gasteiger partial charge in [-0.15, -0.1) is 0 Å². The molecule has 1 atom stereocenters. The third-order valence-corrected chi connectivity index (χ3v) is 3.61. The molecule has 17 heavy (non-hydrogen) atoms. The molecule has 1 aromatic carbocycles. The number of hydrogen-bond acceptors (Lipinski definition) is 1. The Bertz CT molecular complexity index is 461. The number of allylic oxidation sites excluding steroid dienone is 4. The molecule has 1 unspecified atom stereocenters. The van der Waals surface area contributed by atoms with Gasteiger partial charge >= 0.3 is 0 Å². The average Bonchev–Trinajstić information content (AvgIpc) is 2.39. The van der Waals surface area contributed by atoms with Crippen molar-refractivity contribution in [1.82, 2.24) is 0 Å². The number of fused-ring (bicyclic) bond motifs is 1. The van der Waals surface area contributed by atoms with Crippen LogP contribution in [0.4, 0.5) is 10.1 Å². The van der Waals surface area contributed by atoms with Gasteiger partial charge in [-0.2, -0.15) is 0 Å². The first-order valence-electron chi connectivity index (χ1n) is 6.23. The topological polar surface area (TPSA) is 3.24 Å². The van der Waals surface area contributed by atoms with Gasteiger partial charge in [0.15, 0.2) is 0 Å². The molecule has 2 heteroatoms. The van der Waals surface area contributed by atoms with E-state index in [-0.39, 0.29) is 5.83 Å². The van der Waals surface area contributed by atoms with Crippen LogP contribution >= 0.6 is 0 Å². The molecule has 1 aliphatic carbocycles. The minimum Gasteiger partial charge on any atom is -0.345 e. The molecule has 0 amide bonds. The second-order valence-corrected chi connectivity index (χ2v) is 4.74. The quantitative estimate of drug-likeness (QED) is 0.702. The molecule has 0 bridgehead atoms. The van der Waals surface area contributed by atoms with Crippen molar-refractivity contribution in [3.8, 4) is 0 Å². The summed E-state index contributed by atoms with van der Waals surface area (Å²) >= 11 is 0. The van der Waals surface area contributed by atoms with Crippen molar-refractivity contribution in [3.63, 3.8) is 0 Å². The maximum absolute atomic E-state index is 13.3.